The number of nitrogens with one attached hydrogen (secondary N) is 3. The molecular weight excluding hydrogens is 466 g/mol. The van der Waals surface area contributed by atoms with Crippen molar-refractivity contribution in [3.8, 4) is 6.07 Å². The molecule has 0 spiro atoms. The minimum absolute atomic E-state index is 0.0499. The molecule has 3 N–H and O–H groups in total. The summed E-state index contributed by atoms with van der Waals surface area (Å²) in [5.74, 6) is -1.69. The lowest BCUT2D eigenvalue weighted by molar-refractivity contribution is -0.141. The lowest BCUT2D eigenvalue weighted by Crippen LogP contribution is -2.21. The van der Waals surface area contributed by atoms with E-state index in [0.29, 0.717) is 6.54 Å². The van der Waals surface area contributed by atoms with E-state index in [0.717, 1.165) is 24.5 Å². The highest BCUT2D eigenvalue weighted by atomic mass is 32.2. The van der Waals surface area contributed by atoms with Crippen LogP contribution in [0.1, 0.15) is 29.3 Å². The van der Waals surface area contributed by atoms with Gasteiger partial charge in [0.25, 0.3) is 0 Å². The Morgan fingerprint density at radius 3 is 2.55 bits per heavy atom. The Balaban J connectivity index is 2.15. The summed E-state index contributed by atoms with van der Waals surface area (Å²) in [4.78, 5) is 15.6. The van der Waals surface area contributed by atoms with Crippen LogP contribution in [-0.4, -0.2) is 32.1 Å². The van der Waals surface area contributed by atoms with Crippen molar-refractivity contribution in [3.05, 3.63) is 58.5 Å². The summed E-state index contributed by atoms with van der Waals surface area (Å²) in [5, 5.41) is 14.3. The molecule has 0 bridgehead atoms. The van der Waals surface area contributed by atoms with Crippen LogP contribution in [0, 0.1) is 17.1 Å². The molecule has 0 aliphatic rings. The molecule has 1 heterocycles. The number of pyridine rings is 1. The second-order valence-corrected chi connectivity index (χ2v) is 8.45. The summed E-state index contributed by atoms with van der Waals surface area (Å²) in [6.07, 6.45) is -1.48. The van der Waals surface area contributed by atoms with E-state index in [9.17, 15) is 30.8 Å². The van der Waals surface area contributed by atoms with Crippen LogP contribution < -0.4 is 15.4 Å². The Bertz CT molecular complexity index is 1220. The van der Waals surface area contributed by atoms with E-state index < -0.39 is 39.3 Å². The van der Waals surface area contributed by atoms with E-state index in [1.807, 2.05) is 4.72 Å². The molecular formula is C20H19F4N5O3S. The number of hydrogen-bond acceptors (Lipinski definition) is 6. The predicted molar refractivity (Wildman–Crippen MR) is 114 cm³/mol. The maximum Gasteiger partial charge on any atom is 0.433 e. The van der Waals surface area contributed by atoms with Crippen molar-refractivity contribution in [3.63, 3.8) is 0 Å². The van der Waals surface area contributed by atoms with Crippen LogP contribution in [0.3, 0.4) is 0 Å². The lowest BCUT2D eigenvalue weighted by atomic mass is 10.1. The molecule has 8 nitrogen and oxygen atoms in total. The number of rotatable bonds is 8. The first-order valence-corrected chi connectivity index (χ1v) is 11.2. The standard InChI is InChI=1S/C20H19F4N5O3S/c1-3-26-19-13(4-6-16(28-19)20(22,23)24)5-7-17(30)27-11-12-8-14(10-25)18(15(21)9-12)29-33(2,31)32/h4-9,29H,3,11H2,1-2H3,(H,26,28)(H,27,30). The summed E-state index contributed by atoms with van der Waals surface area (Å²) in [6.45, 7) is 1.78. The van der Waals surface area contributed by atoms with Crippen molar-refractivity contribution in [2.45, 2.75) is 19.6 Å². The Morgan fingerprint density at radius 2 is 1.97 bits per heavy atom. The van der Waals surface area contributed by atoms with Crippen molar-refractivity contribution in [2.75, 3.05) is 22.8 Å². The average molecular weight is 485 g/mol. The zero-order chi connectivity index (χ0) is 24.8. The Hall–Kier alpha value is -3.66. The maximum absolute atomic E-state index is 14.3. The second kappa shape index (κ2) is 10.3. The predicted octanol–water partition coefficient (Wildman–Crippen LogP) is 3.24. The maximum atomic E-state index is 14.3. The summed E-state index contributed by atoms with van der Waals surface area (Å²) >= 11 is 0. The van der Waals surface area contributed by atoms with Crippen LogP contribution >= 0.6 is 0 Å². The van der Waals surface area contributed by atoms with Gasteiger partial charge >= 0.3 is 6.18 Å². The van der Waals surface area contributed by atoms with E-state index in [1.54, 1.807) is 13.0 Å². The molecule has 0 aliphatic heterocycles. The number of carbonyl (C=O) groups is 1. The zero-order valence-corrected chi connectivity index (χ0v) is 18.2. The highest BCUT2D eigenvalue weighted by Crippen LogP contribution is 2.30. The molecule has 0 unspecified atom stereocenters. The van der Waals surface area contributed by atoms with Gasteiger partial charge in [0.05, 0.1) is 11.8 Å². The highest BCUT2D eigenvalue weighted by molar-refractivity contribution is 7.92. The lowest BCUT2D eigenvalue weighted by Gasteiger charge is -2.11. The summed E-state index contributed by atoms with van der Waals surface area (Å²) in [6, 6.07) is 5.81. The highest BCUT2D eigenvalue weighted by Gasteiger charge is 2.32. The van der Waals surface area contributed by atoms with Crippen LogP contribution in [0.15, 0.2) is 30.3 Å². The van der Waals surface area contributed by atoms with Gasteiger partial charge in [0.1, 0.15) is 29.1 Å². The Morgan fingerprint density at radius 1 is 1.27 bits per heavy atom. The van der Waals surface area contributed by atoms with Gasteiger partial charge in [0, 0.05) is 24.7 Å². The van der Waals surface area contributed by atoms with Crippen LogP contribution in [0.2, 0.25) is 0 Å². The molecule has 0 fully saturated rings. The fourth-order valence-corrected chi connectivity index (χ4v) is 3.21. The van der Waals surface area contributed by atoms with Crippen LogP contribution in [0.5, 0.6) is 0 Å². The normalized spacial score (nSPS) is 11.8. The molecule has 0 atom stereocenters. The molecule has 1 aromatic carbocycles. The van der Waals surface area contributed by atoms with Gasteiger partial charge in [-0.3, -0.25) is 9.52 Å². The van der Waals surface area contributed by atoms with Crippen molar-refractivity contribution in [1.82, 2.24) is 10.3 Å². The third kappa shape index (κ3) is 7.46. The first-order valence-electron chi connectivity index (χ1n) is 9.32. The van der Waals surface area contributed by atoms with Gasteiger partial charge in [0.15, 0.2) is 0 Å². The van der Waals surface area contributed by atoms with Gasteiger partial charge in [-0.25, -0.2) is 17.8 Å². The summed E-state index contributed by atoms with van der Waals surface area (Å²) < 4.78 is 77.4. The van der Waals surface area contributed by atoms with Crippen molar-refractivity contribution in [1.29, 1.82) is 5.26 Å². The number of aromatic nitrogens is 1. The minimum atomic E-state index is -4.62. The first-order chi connectivity index (χ1) is 15.3. The number of nitriles is 1. The van der Waals surface area contributed by atoms with Gasteiger partial charge in [-0.2, -0.15) is 18.4 Å². The topological polar surface area (TPSA) is 124 Å². The quantitative estimate of drug-likeness (QED) is 0.390. The van der Waals surface area contributed by atoms with Gasteiger partial charge in [0.2, 0.25) is 15.9 Å². The SMILES string of the molecule is CCNc1nc(C(F)(F)F)ccc1C=CC(=O)NCc1cc(F)c(NS(C)(=O)=O)c(C#N)c1. The number of hydrogen-bond donors (Lipinski definition) is 3. The zero-order valence-electron chi connectivity index (χ0n) is 17.4. The smallest absolute Gasteiger partial charge is 0.370 e. The van der Waals surface area contributed by atoms with Crippen LogP contribution in [0.4, 0.5) is 29.1 Å². The number of halogens is 4. The van der Waals surface area contributed by atoms with E-state index in [2.05, 4.69) is 15.6 Å². The number of anilines is 2. The molecule has 33 heavy (non-hydrogen) atoms. The third-order valence-corrected chi connectivity index (χ3v) is 4.57. The molecule has 2 rings (SSSR count). The molecule has 2 aromatic rings. The Labute approximate surface area is 187 Å². The summed E-state index contributed by atoms with van der Waals surface area (Å²) in [5.41, 5.74) is -1.42. The van der Waals surface area contributed by atoms with E-state index in [1.165, 1.54) is 18.2 Å². The molecule has 1 amide bonds. The fourth-order valence-electron chi connectivity index (χ4n) is 2.63. The van der Waals surface area contributed by atoms with Gasteiger partial charge in [-0.15, -0.1) is 0 Å². The second-order valence-electron chi connectivity index (χ2n) is 6.70. The molecule has 0 saturated heterocycles. The average Bonchev–Trinajstić information content (AvgIpc) is 2.71. The fraction of sp³-hybridized carbons (Fsp3) is 0.250. The number of alkyl halides is 3. The van der Waals surface area contributed by atoms with Gasteiger partial charge in [-0.05, 0) is 42.8 Å². The van der Waals surface area contributed by atoms with Crippen LogP contribution in [-0.2, 0) is 27.5 Å². The van der Waals surface area contributed by atoms with E-state index >= 15 is 0 Å². The van der Waals surface area contributed by atoms with Crippen molar-refractivity contribution in [2.24, 2.45) is 0 Å². The molecule has 176 valence electrons. The number of amides is 1. The third-order valence-electron chi connectivity index (χ3n) is 4.00. The van der Waals surface area contributed by atoms with Crippen LogP contribution in [0.25, 0.3) is 6.08 Å². The number of carbonyl (C=O) groups excluding carboxylic acids is 1. The van der Waals surface area contributed by atoms with Gasteiger partial charge in [-0.1, -0.05) is 0 Å². The molecule has 0 aliphatic carbocycles. The molecule has 0 saturated carbocycles. The minimum Gasteiger partial charge on any atom is -0.370 e. The molecule has 1 aromatic heterocycles. The number of sulfonamides is 1. The first kappa shape index (κ1) is 25.6. The van der Waals surface area contributed by atoms with E-state index in [4.69, 9.17) is 5.26 Å². The monoisotopic (exact) mass is 485 g/mol. The largest absolute Gasteiger partial charge is 0.433 e. The van der Waals surface area contributed by atoms with Gasteiger partial charge < -0.3 is 10.6 Å². The van der Waals surface area contributed by atoms with Crippen molar-refractivity contribution < 1.29 is 30.8 Å². The number of nitrogens with zero attached hydrogens (tertiary/aromatic N) is 2. The Kier molecular flexibility index (Phi) is 7.99. The molecule has 0 radical (unpaired) electrons. The summed E-state index contributed by atoms with van der Waals surface area (Å²) in [7, 11) is -3.82. The number of benzene rings is 1. The van der Waals surface area contributed by atoms with Crippen molar-refractivity contribution >= 4 is 33.5 Å². The molecule has 13 heteroatoms. The van der Waals surface area contributed by atoms with E-state index in [-0.39, 0.29) is 29.1 Å².